The first-order valence-corrected chi connectivity index (χ1v) is 17.7. The van der Waals surface area contributed by atoms with Gasteiger partial charge in [-0.3, -0.25) is 0 Å². The number of benzene rings is 4. The van der Waals surface area contributed by atoms with Gasteiger partial charge in [0.2, 0.25) is 0 Å². The quantitative estimate of drug-likeness (QED) is 0.187. The zero-order valence-electron chi connectivity index (χ0n) is 27.6. The van der Waals surface area contributed by atoms with Crippen molar-refractivity contribution in [2.24, 2.45) is 0 Å². The number of rotatable bonds is 4. The van der Waals surface area contributed by atoms with Gasteiger partial charge < -0.3 is 13.9 Å². The molecule has 11 rings (SSSR count). The Morgan fingerprint density at radius 2 is 1.47 bits per heavy atom. The van der Waals surface area contributed by atoms with Gasteiger partial charge in [-0.15, -0.1) is 0 Å². The van der Waals surface area contributed by atoms with E-state index in [1.807, 2.05) is 48.5 Å². The molecule has 244 valence electrons. The standard InChI is InChI=1S/C45H31N3O3/c1-2-9-26(10-3-1)43-46-44(28-19-22-39-36(24-28)32-12-5-6-15-37(32)49-39)48-45(47-43)29-17-20-33-35-23-27(18-21-40(35)50-41(33)25-29)30-13-8-14-34-31-11-4-7-16-38(31)51-42(30)34/h1-4,6-11,13,15-25,34-35,40H,5,12,14H2. The number of aryl methyl sites for hydroxylation is 1. The van der Waals surface area contributed by atoms with E-state index in [4.69, 9.17) is 28.8 Å². The molecule has 0 amide bonds. The fourth-order valence-electron chi connectivity index (χ4n) is 8.20. The molecule has 6 nitrogen and oxygen atoms in total. The van der Waals surface area contributed by atoms with E-state index in [1.165, 1.54) is 16.7 Å². The highest BCUT2D eigenvalue weighted by Gasteiger charge is 2.37. The van der Waals surface area contributed by atoms with Crippen molar-refractivity contribution in [3.8, 4) is 45.7 Å². The second-order valence-electron chi connectivity index (χ2n) is 13.7. The van der Waals surface area contributed by atoms with Crippen LogP contribution < -0.4 is 9.47 Å². The van der Waals surface area contributed by atoms with E-state index in [0.29, 0.717) is 17.5 Å². The maximum absolute atomic E-state index is 6.58. The minimum absolute atomic E-state index is 0.0779. The molecular formula is C45H31N3O3. The third-order valence-electron chi connectivity index (χ3n) is 10.7. The average Bonchev–Trinajstić information content (AvgIpc) is 3.88. The average molecular weight is 662 g/mol. The zero-order chi connectivity index (χ0) is 33.5. The lowest BCUT2D eigenvalue weighted by Crippen LogP contribution is -2.18. The highest BCUT2D eigenvalue weighted by atomic mass is 16.5. The summed E-state index contributed by atoms with van der Waals surface area (Å²) in [5.74, 6) is 6.02. The van der Waals surface area contributed by atoms with Crippen LogP contribution >= 0.6 is 0 Å². The monoisotopic (exact) mass is 661 g/mol. The van der Waals surface area contributed by atoms with E-state index in [1.54, 1.807) is 0 Å². The smallest absolute Gasteiger partial charge is 0.164 e. The molecule has 4 heterocycles. The van der Waals surface area contributed by atoms with Crippen LogP contribution in [-0.2, 0) is 6.42 Å². The number of furan rings is 1. The molecule has 0 radical (unpaired) electrons. The third-order valence-corrected chi connectivity index (χ3v) is 10.7. The van der Waals surface area contributed by atoms with Crippen molar-refractivity contribution in [1.82, 2.24) is 15.0 Å². The predicted molar refractivity (Wildman–Crippen MR) is 198 cm³/mol. The molecule has 3 aliphatic carbocycles. The maximum Gasteiger partial charge on any atom is 0.164 e. The lowest BCUT2D eigenvalue weighted by molar-refractivity contribution is 0.268. The van der Waals surface area contributed by atoms with Crippen LogP contribution in [0.25, 0.3) is 51.2 Å². The summed E-state index contributed by atoms with van der Waals surface area (Å²) in [5, 5.41) is 1.11. The summed E-state index contributed by atoms with van der Waals surface area (Å²) in [6.45, 7) is 0. The Balaban J connectivity index is 0.971. The molecule has 0 bridgehead atoms. The molecule has 6 aromatic rings. The normalized spacial score (nSPS) is 20.6. The molecule has 0 saturated carbocycles. The molecule has 0 N–H and O–H groups in total. The van der Waals surface area contributed by atoms with E-state index in [-0.39, 0.29) is 17.9 Å². The first-order chi connectivity index (χ1) is 25.2. The molecule has 3 unspecified atom stereocenters. The van der Waals surface area contributed by atoms with E-state index in [0.717, 1.165) is 81.1 Å². The van der Waals surface area contributed by atoms with Crippen molar-refractivity contribution in [2.75, 3.05) is 0 Å². The summed E-state index contributed by atoms with van der Waals surface area (Å²) < 4.78 is 19.2. The van der Waals surface area contributed by atoms with Crippen LogP contribution in [-0.4, -0.2) is 21.1 Å². The minimum atomic E-state index is -0.0779. The number of hydrogen-bond acceptors (Lipinski definition) is 6. The molecule has 2 aromatic heterocycles. The summed E-state index contributed by atoms with van der Waals surface area (Å²) >= 11 is 0. The molecular weight excluding hydrogens is 631 g/mol. The molecule has 51 heavy (non-hydrogen) atoms. The molecule has 4 aromatic carbocycles. The highest BCUT2D eigenvalue weighted by Crippen LogP contribution is 2.49. The number of allylic oxidation sites excluding steroid dienone is 7. The van der Waals surface area contributed by atoms with Gasteiger partial charge in [-0.25, -0.2) is 15.0 Å². The maximum atomic E-state index is 6.58. The largest absolute Gasteiger partial charge is 0.485 e. The van der Waals surface area contributed by atoms with Gasteiger partial charge in [-0.05, 0) is 67.3 Å². The second-order valence-corrected chi connectivity index (χ2v) is 13.7. The Hall–Kier alpha value is -6.27. The van der Waals surface area contributed by atoms with E-state index in [2.05, 4.69) is 85.0 Å². The lowest BCUT2D eigenvalue weighted by atomic mass is 9.82. The van der Waals surface area contributed by atoms with E-state index < -0.39 is 0 Å². The number of fused-ring (bicyclic) bond motifs is 9. The molecule has 0 saturated heterocycles. The van der Waals surface area contributed by atoms with Crippen LogP contribution in [0.4, 0.5) is 0 Å². The Kier molecular flexibility index (Phi) is 6.23. The molecule has 0 fully saturated rings. The summed E-state index contributed by atoms with van der Waals surface area (Å²) in [7, 11) is 0. The predicted octanol–water partition coefficient (Wildman–Crippen LogP) is 10.3. The van der Waals surface area contributed by atoms with Crippen LogP contribution in [0.5, 0.6) is 11.5 Å². The van der Waals surface area contributed by atoms with E-state index >= 15 is 0 Å². The third kappa shape index (κ3) is 4.60. The van der Waals surface area contributed by atoms with Crippen molar-refractivity contribution in [1.29, 1.82) is 0 Å². The molecule has 6 heteroatoms. The van der Waals surface area contributed by atoms with Crippen LogP contribution in [0.15, 0.2) is 149 Å². The van der Waals surface area contributed by atoms with Gasteiger partial charge in [0.25, 0.3) is 0 Å². The van der Waals surface area contributed by atoms with Gasteiger partial charge in [0.15, 0.2) is 17.5 Å². The van der Waals surface area contributed by atoms with Crippen molar-refractivity contribution < 1.29 is 13.9 Å². The fraction of sp³-hybridized carbons (Fsp3) is 0.133. The summed E-state index contributed by atoms with van der Waals surface area (Å²) in [5.41, 5.74) is 9.62. The zero-order valence-corrected chi connectivity index (χ0v) is 27.6. The fourth-order valence-corrected chi connectivity index (χ4v) is 8.20. The summed E-state index contributed by atoms with van der Waals surface area (Å²) in [6.07, 6.45) is 18.3. The summed E-state index contributed by atoms with van der Waals surface area (Å²) in [4.78, 5) is 15.1. The highest BCUT2D eigenvalue weighted by molar-refractivity contribution is 5.89. The van der Waals surface area contributed by atoms with Crippen molar-refractivity contribution in [3.63, 3.8) is 0 Å². The number of para-hydroxylation sites is 1. The van der Waals surface area contributed by atoms with Crippen LogP contribution in [0.3, 0.4) is 0 Å². The van der Waals surface area contributed by atoms with Gasteiger partial charge in [-0.1, -0.05) is 91.0 Å². The Morgan fingerprint density at radius 1 is 0.667 bits per heavy atom. The second kappa shape index (κ2) is 11.1. The minimum Gasteiger partial charge on any atom is -0.485 e. The summed E-state index contributed by atoms with van der Waals surface area (Å²) in [6, 6.07) is 31.1. The Bertz CT molecular complexity index is 2590. The van der Waals surface area contributed by atoms with Crippen LogP contribution in [0.2, 0.25) is 0 Å². The number of hydrogen-bond donors (Lipinski definition) is 0. The van der Waals surface area contributed by atoms with Crippen LogP contribution in [0, 0.1) is 0 Å². The van der Waals surface area contributed by atoms with Crippen molar-refractivity contribution in [2.45, 2.75) is 37.2 Å². The first kappa shape index (κ1) is 28.6. The number of nitrogens with zero attached hydrogens (tertiary/aromatic N) is 3. The van der Waals surface area contributed by atoms with Gasteiger partial charge >= 0.3 is 0 Å². The van der Waals surface area contributed by atoms with Gasteiger partial charge in [0.1, 0.15) is 34.7 Å². The molecule has 2 aliphatic heterocycles. The molecule has 5 aliphatic rings. The first-order valence-electron chi connectivity index (χ1n) is 17.7. The van der Waals surface area contributed by atoms with Crippen molar-refractivity contribution >= 4 is 17.0 Å². The molecule has 3 atom stereocenters. The molecule has 0 spiro atoms. The lowest BCUT2D eigenvalue weighted by Gasteiger charge is -2.23. The van der Waals surface area contributed by atoms with Crippen LogP contribution in [0.1, 0.15) is 47.1 Å². The van der Waals surface area contributed by atoms with Gasteiger partial charge in [0.05, 0.1) is 0 Å². The van der Waals surface area contributed by atoms with Gasteiger partial charge in [-0.2, -0.15) is 0 Å². The number of ether oxygens (including phenoxy) is 2. The Labute approximate surface area is 294 Å². The number of aromatic nitrogens is 3. The van der Waals surface area contributed by atoms with Gasteiger partial charge in [0, 0.05) is 56.2 Å². The van der Waals surface area contributed by atoms with Crippen molar-refractivity contribution in [3.05, 3.63) is 167 Å². The SMILES string of the molecule is C1=Cc2oc3ccc(-c4nc(-c5ccccc5)nc(-c5ccc6c(c5)OC5C=CC(C7=C8Oc9ccccc9C8CC=C7)=CC65)n4)cc3c2CC1. The Morgan fingerprint density at radius 3 is 2.37 bits per heavy atom. The van der Waals surface area contributed by atoms with E-state index in [9.17, 15) is 0 Å². The topological polar surface area (TPSA) is 70.3 Å².